The molecule has 1 aliphatic rings. The zero-order valence-electron chi connectivity index (χ0n) is 16.5. The third-order valence-electron chi connectivity index (χ3n) is 4.87. The average Bonchev–Trinajstić information content (AvgIpc) is 2.66. The maximum absolute atomic E-state index is 12.5. The molecule has 0 radical (unpaired) electrons. The van der Waals surface area contributed by atoms with Gasteiger partial charge in [0.15, 0.2) is 11.5 Å². The molecule has 0 spiro atoms. The van der Waals surface area contributed by atoms with E-state index in [-0.39, 0.29) is 42.2 Å². The minimum atomic E-state index is -3.75. The lowest BCUT2D eigenvalue weighted by atomic mass is 9.92. The Morgan fingerprint density at radius 1 is 1.29 bits per heavy atom. The predicted octanol–water partition coefficient (Wildman–Crippen LogP) is 1.38. The van der Waals surface area contributed by atoms with Gasteiger partial charge in [0.25, 0.3) is 0 Å². The number of sulfonamides is 1. The topological polar surface area (TPSA) is 111 Å². The molecule has 1 fully saturated rings. The summed E-state index contributed by atoms with van der Waals surface area (Å²) in [5.41, 5.74) is 5.79. The van der Waals surface area contributed by atoms with Crippen molar-refractivity contribution in [2.75, 3.05) is 33.9 Å². The van der Waals surface area contributed by atoms with Gasteiger partial charge >= 0.3 is 0 Å². The molecule has 1 heterocycles. The number of benzene rings is 1. The second-order valence-corrected chi connectivity index (χ2v) is 8.54. The number of halogens is 1. The molecule has 0 bridgehead atoms. The van der Waals surface area contributed by atoms with Gasteiger partial charge in [-0.3, -0.25) is 4.79 Å². The van der Waals surface area contributed by atoms with Gasteiger partial charge in [-0.2, -0.15) is 0 Å². The maximum atomic E-state index is 12.5. The number of nitrogens with two attached hydrogens (primary N) is 1. The summed E-state index contributed by atoms with van der Waals surface area (Å²) in [6.45, 7) is 3.28. The van der Waals surface area contributed by atoms with Crippen molar-refractivity contribution in [3.05, 3.63) is 18.2 Å². The number of nitrogens with one attached hydrogen (secondary N) is 1. The first-order valence-electron chi connectivity index (χ1n) is 9.03. The zero-order valence-corrected chi connectivity index (χ0v) is 18.1. The summed E-state index contributed by atoms with van der Waals surface area (Å²) in [6.07, 6.45) is 1.93. The Bertz CT molecular complexity index is 760. The molecule has 2 atom stereocenters. The van der Waals surface area contributed by atoms with E-state index in [1.54, 1.807) is 4.90 Å². The third-order valence-corrected chi connectivity index (χ3v) is 6.33. The van der Waals surface area contributed by atoms with Crippen LogP contribution in [0.5, 0.6) is 11.5 Å². The van der Waals surface area contributed by atoms with Crippen LogP contribution in [0.1, 0.15) is 26.2 Å². The molecule has 2 unspecified atom stereocenters. The first-order chi connectivity index (χ1) is 12.8. The van der Waals surface area contributed by atoms with E-state index < -0.39 is 10.0 Å². The second kappa shape index (κ2) is 10.8. The van der Waals surface area contributed by atoms with Gasteiger partial charge in [-0.1, -0.05) is 6.92 Å². The van der Waals surface area contributed by atoms with Crippen molar-refractivity contribution < 1.29 is 22.7 Å². The number of ether oxygens (including phenoxy) is 2. The molecule has 1 aliphatic heterocycles. The van der Waals surface area contributed by atoms with E-state index in [1.807, 2.05) is 0 Å². The Morgan fingerprint density at radius 2 is 1.96 bits per heavy atom. The Labute approximate surface area is 173 Å². The maximum Gasteiger partial charge on any atom is 0.240 e. The van der Waals surface area contributed by atoms with E-state index in [1.165, 1.54) is 32.4 Å². The van der Waals surface area contributed by atoms with Gasteiger partial charge in [0.2, 0.25) is 15.9 Å². The Morgan fingerprint density at radius 3 is 2.57 bits per heavy atom. The van der Waals surface area contributed by atoms with Gasteiger partial charge < -0.3 is 20.1 Å². The van der Waals surface area contributed by atoms with Crippen LogP contribution in [0, 0.1) is 5.92 Å². The molecular weight excluding hydrogens is 406 g/mol. The first kappa shape index (κ1) is 24.5. The lowest BCUT2D eigenvalue weighted by Crippen LogP contribution is -2.49. The monoisotopic (exact) mass is 435 g/mol. The number of carbonyl (C=O) groups excluding carboxylic acids is 1. The van der Waals surface area contributed by atoms with Crippen molar-refractivity contribution in [2.45, 2.75) is 37.1 Å². The van der Waals surface area contributed by atoms with Gasteiger partial charge in [0.1, 0.15) is 0 Å². The fraction of sp³-hybridized carbons (Fsp3) is 0.611. The minimum Gasteiger partial charge on any atom is -0.493 e. The second-order valence-electron chi connectivity index (χ2n) is 6.77. The minimum absolute atomic E-state index is 0. The molecule has 2 rings (SSSR count). The van der Waals surface area contributed by atoms with Crippen molar-refractivity contribution in [2.24, 2.45) is 11.7 Å². The number of likely N-dealkylation sites (tertiary alicyclic amines) is 1. The third kappa shape index (κ3) is 5.97. The van der Waals surface area contributed by atoms with Crippen molar-refractivity contribution in [3.8, 4) is 11.5 Å². The number of hydrogen-bond donors (Lipinski definition) is 2. The molecule has 1 aromatic rings. The number of methoxy groups -OCH3 is 2. The largest absolute Gasteiger partial charge is 0.493 e. The van der Waals surface area contributed by atoms with Crippen LogP contribution >= 0.6 is 12.4 Å². The van der Waals surface area contributed by atoms with Crippen LogP contribution in [0.25, 0.3) is 0 Å². The van der Waals surface area contributed by atoms with Gasteiger partial charge in [-0.25, -0.2) is 13.1 Å². The van der Waals surface area contributed by atoms with Crippen molar-refractivity contribution in [1.82, 2.24) is 9.62 Å². The highest BCUT2D eigenvalue weighted by Crippen LogP contribution is 2.29. The molecule has 10 heteroatoms. The number of carbonyl (C=O) groups is 1. The molecular formula is C18H30ClN3O5S. The van der Waals surface area contributed by atoms with Gasteiger partial charge in [0.05, 0.1) is 19.1 Å². The number of hydrogen-bond acceptors (Lipinski definition) is 6. The summed E-state index contributed by atoms with van der Waals surface area (Å²) in [5, 5.41) is 0. The summed E-state index contributed by atoms with van der Waals surface area (Å²) in [6, 6.07) is 4.38. The first-order valence-corrected chi connectivity index (χ1v) is 10.5. The quantitative estimate of drug-likeness (QED) is 0.638. The van der Waals surface area contributed by atoms with Gasteiger partial charge in [0, 0.05) is 38.2 Å². The summed E-state index contributed by atoms with van der Waals surface area (Å²) in [4.78, 5) is 14.3. The Hall–Kier alpha value is -1.55. The van der Waals surface area contributed by atoms with E-state index in [4.69, 9.17) is 15.2 Å². The fourth-order valence-electron chi connectivity index (χ4n) is 3.31. The molecule has 8 nitrogen and oxygen atoms in total. The molecule has 1 aromatic carbocycles. The van der Waals surface area contributed by atoms with Crippen LogP contribution in [-0.4, -0.2) is 59.1 Å². The van der Waals surface area contributed by atoms with Crippen LogP contribution in [-0.2, 0) is 14.8 Å². The smallest absolute Gasteiger partial charge is 0.240 e. The zero-order chi connectivity index (χ0) is 20.0. The van der Waals surface area contributed by atoms with E-state index in [0.29, 0.717) is 30.5 Å². The number of nitrogens with zero attached hydrogens (tertiary/aromatic N) is 1. The number of piperidine rings is 1. The van der Waals surface area contributed by atoms with E-state index in [0.717, 1.165) is 12.8 Å². The molecule has 1 amide bonds. The van der Waals surface area contributed by atoms with E-state index in [9.17, 15) is 13.2 Å². The SMILES string of the molecule is COc1ccc(S(=O)(=O)NCCC(=O)N2CCC(C)CC2CN)cc1OC.Cl. The van der Waals surface area contributed by atoms with Crippen molar-refractivity contribution in [1.29, 1.82) is 0 Å². The molecule has 1 saturated heterocycles. The van der Waals surface area contributed by atoms with E-state index in [2.05, 4.69) is 11.6 Å². The molecule has 0 aromatic heterocycles. The molecule has 3 N–H and O–H groups in total. The van der Waals surface area contributed by atoms with Crippen LogP contribution in [0.3, 0.4) is 0 Å². The number of rotatable bonds is 8. The van der Waals surface area contributed by atoms with Crippen LogP contribution in [0.4, 0.5) is 0 Å². The molecule has 28 heavy (non-hydrogen) atoms. The highest BCUT2D eigenvalue weighted by molar-refractivity contribution is 7.89. The average molecular weight is 436 g/mol. The van der Waals surface area contributed by atoms with Crippen LogP contribution in [0.2, 0.25) is 0 Å². The highest BCUT2D eigenvalue weighted by Gasteiger charge is 2.28. The summed E-state index contributed by atoms with van der Waals surface area (Å²) in [5.74, 6) is 1.24. The lowest BCUT2D eigenvalue weighted by Gasteiger charge is -2.38. The van der Waals surface area contributed by atoms with Crippen molar-refractivity contribution >= 4 is 28.3 Å². The summed E-state index contributed by atoms with van der Waals surface area (Å²) < 4.78 is 37.7. The highest BCUT2D eigenvalue weighted by atomic mass is 35.5. The summed E-state index contributed by atoms with van der Waals surface area (Å²) >= 11 is 0. The van der Waals surface area contributed by atoms with Crippen LogP contribution in [0.15, 0.2) is 23.1 Å². The normalized spacial score (nSPS) is 19.6. The Balaban J connectivity index is 0.00000392. The molecule has 0 aliphatic carbocycles. The predicted molar refractivity (Wildman–Crippen MR) is 110 cm³/mol. The molecule has 0 saturated carbocycles. The lowest BCUT2D eigenvalue weighted by molar-refractivity contribution is -0.135. The molecule has 160 valence electrons. The van der Waals surface area contributed by atoms with Crippen LogP contribution < -0.4 is 19.9 Å². The van der Waals surface area contributed by atoms with Gasteiger partial charge in [-0.15, -0.1) is 12.4 Å². The number of amides is 1. The standard InChI is InChI=1S/C18H29N3O5S.ClH/c1-13-7-9-21(14(10-13)12-19)18(22)6-8-20-27(23,24)15-4-5-16(25-2)17(11-15)26-3;/h4-5,11,13-14,20H,6-10,12,19H2,1-3H3;1H. The fourth-order valence-corrected chi connectivity index (χ4v) is 4.35. The van der Waals surface area contributed by atoms with Gasteiger partial charge in [-0.05, 0) is 30.9 Å². The Kier molecular flexibility index (Phi) is 9.49. The summed E-state index contributed by atoms with van der Waals surface area (Å²) in [7, 11) is -0.837. The van der Waals surface area contributed by atoms with Crippen molar-refractivity contribution in [3.63, 3.8) is 0 Å². The van der Waals surface area contributed by atoms with E-state index >= 15 is 0 Å².